The number of carbonyl (C=O) groups is 3. The standard InChI is InChI=1S/C66H118O6/c1-4-7-10-13-16-19-22-24-26-28-29-30-31-32-33-34-35-36-37-38-40-41-44-47-50-53-56-59-65(68)71-62-63(61-70-64(67)58-55-52-49-46-43-21-18-15-12-9-6-3)72-66(69)60-57-54-51-48-45-42-39-27-25-23-20-17-14-11-8-5-2/h20,22-24,27-29,31-32,39,63H,4-19,21,25-26,30,33-38,40-62H2,1-3H3/b23-20-,24-22-,29-28-,32-31-,39-27-. The summed E-state index contributed by atoms with van der Waals surface area (Å²) in [6, 6.07) is 0. The second-order valence-electron chi connectivity index (χ2n) is 21.0. The Kier molecular flexibility index (Phi) is 58.2. The Morgan fingerprint density at radius 1 is 0.278 bits per heavy atom. The molecule has 6 heteroatoms. The highest BCUT2D eigenvalue weighted by atomic mass is 16.6. The van der Waals surface area contributed by atoms with Crippen molar-refractivity contribution in [3.05, 3.63) is 60.8 Å². The lowest BCUT2D eigenvalue weighted by molar-refractivity contribution is -0.167. The number of hydrogen-bond donors (Lipinski definition) is 0. The van der Waals surface area contributed by atoms with Crippen LogP contribution >= 0.6 is 0 Å². The molecule has 1 atom stereocenters. The van der Waals surface area contributed by atoms with E-state index in [0.717, 1.165) is 96.3 Å². The minimum atomic E-state index is -0.780. The molecular weight excluding hydrogens is 889 g/mol. The minimum absolute atomic E-state index is 0.0773. The third kappa shape index (κ3) is 58.0. The van der Waals surface area contributed by atoms with Gasteiger partial charge in [0.15, 0.2) is 6.10 Å². The van der Waals surface area contributed by atoms with Crippen LogP contribution in [0.15, 0.2) is 60.8 Å². The first-order valence-electron chi connectivity index (χ1n) is 31.3. The minimum Gasteiger partial charge on any atom is -0.462 e. The van der Waals surface area contributed by atoms with E-state index in [2.05, 4.69) is 81.5 Å². The van der Waals surface area contributed by atoms with Crippen molar-refractivity contribution < 1.29 is 28.6 Å². The Bertz CT molecular complexity index is 1290. The number of allylic oxidation sites excluding steroid dienone is 10. The first-order chi connectivity index (χ1) is 35.5. The summed E-state index contributed by atoms with van der Waals surface area (Å²) in [4.78, 5) is 38.2. The zero-order chi connectivity index (χ0) is 52.2. The summed E-state index contributed by atoms with van der Waals surface area (Å²) in [6.07, 6.45) is 76.5. The lowest BCUT2D eigenvalue weighted by atomic mass is 10.0. The fourth-order valence-electron chi connectivity index (χ4n) is 9.01. The lowest BCUT2D eigenvalue weighted by Gasteiger charge is -2.18. The van der Waals surface area contributed by atoms with Crippen LogP contribution in [-0.4, -0.2) is 37.2 Å². The van der Waals surface area contributed by atoms with Crippen LogP contribution in [0.25, 0.3) is 0 Å². The van der Waals surface area contributed by atoms with E-state index in [4.69, 9.17) is 14.2 Å². The number of ether oxygens (including phenoxy) is 3. The lowest BCUT2D eigenvalue weighted by Crippen LogP contribution is -2.30. The van der Waals surface area contributed by atoms with Crippen LogP contribution in [0.4, 0.5) is 0 Å². The second kappa shape index (κ2) is 60.7. The number of rotatable bonds is 57. The largest absolute Gasteiger partial charge is 0.462 e. The van der Waals surface area contributed by atoms with Gasteiger partial charge in [0.05, 0.1) is 0 Å². The molecule has 0 saturated heterocycles. The van der Waals surface area contributed by atoms with Gasteiger partial charge >= 0.3 is 17.9 Å². The van der Waals surface area contributed by atoms with E-state index in [-0.39, 0.29) is 31.1 Å². The molecular formula is C66H118O6. The summed E-state index contributed by atoms with van der Waals surface area (Å²) < 4.78 is 16.9. The van der Waals surface area contributed by atoms with Crippen molar-refractivity contribution >= 4 is 17.9 Å². The van der Waals surface area contributed by atoms with Crippen LogP contribution in [0.1, 0.15) is 323 Å². The van der Waals surface area contributed by atoms with E-state index in [9.17, 15) is 14.4 Å². The summed E-state index contributed by atoms with van der Waals surface area (Å²) in [6.45, 7) is 6.62. The van der Waals surface area contributed by atoms with E-state index >= 15 is 0 Å². The quantitative estimate of drug-likeness (QED) is 0.0261. The molecule has 0 aromatic rings. The molecule has 0 spiro atoms. The highest BCUT2D eigenvalue weighted by Gasteiger charge is 2.19. The molecule has 0 bridgehead atoms. The maximum atomic E-state index is 12.9. The Morgan fingerprint density at radius 3 is 0.792 bits per heavy atom. The Morgan fingerprint density at radius 2 is 0.500 bits per heavy atom. The van der Waals surface area contributed by atoms with E-state index in [0.29, 0.717) is 19.3 Å². The summed E-state index contributed by atoms with van der Waals surface area (Å²) in [7, 11) is 0. The number of esters is 3. The Hall–Kier alpha value is -2.89. The van der Waals surface area contributed by atoms with E-state index in [1.165, 1.54) is 186 Å². The van der Waals surface area contributed by atoms with Gasteiger partial charge in [0, 0.05) is 19.3 Å². The molecule has 72 heavy (non-hydrogen) atoms. The van der Waals surface area contributed by atoms with Crippen molar-refractivity contribution in [3.8, 4) is 0 Å². The average molecular weight is 1010 g/mol. The van der Waals surface area contributed by atoms with Gasteiger partial charge in [-0.3, -0.25) is 14.4 Å². The molecule has 0 aliphatic heterocycles. The predicted octanol–water partition coefficient (Wildman–Crippen LogP) is 21.2. The van der Waals surface area contributed by atoms with Gasteiger partial charge in [-0.25, -0.2) is 0 Å². The molecule has 0 aliphatic rings. The van der Waals surface area contributed by atoms with Crippen LogP contribution < -0.4 is 0 Å². The molecule has 1 unspecified atom stereocenters. The van der Waals surface area contributed by atoms with Gasteiger partial charge in [0.25, 0.3) is 0 Å². The summed E-state index contributed by atoms with van der Waals surface area (Å²) >= 11 is 0. The van der Waals surface area contributed by atoms with Gasteiger partial charge in [0.2, 0.25) is 0 Å². The summed E-state index contributed by atoms with van der Waals surface area (Å²) in [5, 5.41) is 0. The van der Waals surface area contributed by atoms with Crippen LogP contribution in [-0.2, 0) is 28.6 Å². The molecule has 0 rings (SSSR count). The monoisotopic (exact) mass is 1010 g/mol. The van der Waals surface area contributed by atoms with E-state index < -0.39 is 6.10 Å². The van der Waals surface area contributed by atoms with Gasteiger partial charge in [0.1, 0.15) is 13.2 Å². The predicted molar refractivity (Wildman–Crippen MR) is 312 cm³/mol. The maximum absolute atomic E-state index is 12.9. The topological polar surface area (TPSA) is 78.9 Å². The summed E-state index contributed by atoms with van der Waals surface area (Å²) in [5.41, 5.74) is 0. The average Bonchev–Trinajstić information content (AvgIpc) is 3.38. The second-order valence-corrected chi connectivity index (χ2v) is 21.0. The molecule has 418 valence electrons. The molecule has 6 nitrogen and oxygen atoms in total. The summed E-state index contributed by atoms with van der Waals surface area (Å²) in [5.74, 6) is -0.880. The van der Waals surface area contributed by atoms with Gasteiger partial charge in [-0.15, -0.1) is 0 Å². The molecule has 0 fully saturated rings. The van der Waals surface area contributed by atoms with Crippen molar-refractivity contribution in [2.24, 2.45) is 0 Å². The van der Waals surface area contributed by atoms with Gasteiger partial charge in [-0.1, -0.05) is 274 Å². The number of unbranched alkanes of at least 4 members (excludes halogenated alkanes) is 36. The number of hydrogen-bond acceptors (Lipinski definition) is 6. The maximum Gasteiger partial charge on any atom is 0.306 e. The van der Waals surface area contributed by atoms with Crippen molar-refractivity contribution in [1.82, 2.24) is 0 Å². The molecule has 0 saturated carbocycles. The van der Waals surface area contributed by atoms with Crippen molar-refractivity contribution in [3.63, 3.8) is 0 Å². The van der Waals surface area contributed by atoms with Gasteiger partial charge < -0.3 is 14.2 Å². The van der Waals surface area contributed by atoms with Crippen molar-refractivity contribution in [2.45, 2.75) is 329 Å². The zero-order valence-corrected chi connectivity index (χ0v) is 47.9. The fraction of sp³-hybridized carbons (Fsp3) is 0.803. The third-order valence-electron chi connectivity index (χ3n) is 13.7. The van der Waals surface area contributed by atoms with Crippen LogP contribution in [0.2, 0.25) is 0 Å². The molecule has 0 aromatic heterocycles. The van der Waals surface area contributed by atoms with Crippen molar-refractivity contribution in [1.29, 1.82) is 0 Å². The molecule has 0 heterocycles. The highest BCUT2D eigenvalue weighted by Crippen LogP contribution is 2.16. The molecule has 0 amide bonds. The molecule has 0 radical (unpaired) electrons. The van der Waals surface area contributed by atoms with Crippen molar-refractivity contribution in [2.75, 3.05) is 13.2 Å². The van der Waals surface area contributed by atoms with E-state index in [1.54, 1.807) is 0 Å². The van der Waals surface area contributed by atoms with Gasteiger partial charge in [-0.05, 0) is 89.9 Å². The zero-order valence-electron chi connectivity index (χ0n) is 47.9. The third-order valence-corrected chi connectivity index (χ3v) is 13.7. The Balaban J connectivity index is 4.23. The van der Waals surface area contributed by atoms with Gasteiger partial charge in [-0.2, -0.15) is 0 Å². The molecule has 0 N–H and O–H groups in total. The Labute approximate surface area is 447 Å². The molecule has 0 aliphatic carbocycles. The van der Waals surface area contributed by atoms with Crippen LogP contribution in [0, 0.1) is 0 Å². The van der Waals surface area contributed by atoms with Crippen LogP contribution in [0.3, 0.4) is 0 Å². The SMILES string of the molecule is CCCCCC/C=C\C/C=C\CCCCCCCC(=O)OC(COC(=O)CCCCCCCCCCCCC)COC(=O)CCCCCCCCCCCCCC/C=C\C/C=C\C/C=C\CCCCCCC. The smallest absolute Gasteiger partial charge is 0.306 e. The van der Waals surface area contributed by atoms with Crippen LogP contribution in [0.5, 0.6) is 0 Å². The highest BCUT2D eigenvalue weighted by molar-refractivity contribution is 5.71. The fourth-order valence-corrected chi connectivity index (χ4v) is 9.01. The first-order valence-corrected chi connectivity index (χ1v) is 31.3. The number of carbonyl (C=O) groups excluding carboxylic acids is 3. The van der Waals surface area contributed by atoms with E-state index in [1.807, 2.05) is 0 Å². The normalized spacial score (nSPS) is 12.4. The molecule has 0 aromatic carbocycles. The first kappa shape index (κ1) is 69.1.